The number of hydrogen-bond acceptors (Lipinski definition) is 3. The molecule has 0 heterocycles. The number of hydrogen-bond donors (Lipinski definition) is 1. The van der Waals surface area contributed by atoms with Crippen LogP contribution in [0.5, 0.6) is 0 Å². The summed E-state index contributed by atoms with van der Waals surface area (Å²) in [5.74, 6) is 0.360. The minimum atomic E-state index is -0.0918. The largest absolute Gasteiger partial charge is 0.325 e. The second-order valence-electron chi connectivity index (χ2n) is 5.10. The van der Waals surface area contributed by atoms with Crippen LogP contribution in [0, 0.1) is 17.2 Å². The third-order valence-electron chi connectivity index (χ3n) is 2.64. The maximum absolute atomic E-state index is 12.0. The molecule has 1 rings (SSSR count). The number of nitrogens with zero attached hydrogens (tertiary/aromatic N) is 2. The summed E-state index contributed by atoms with van der Waals surface area (Å²) in [5.41, 5.74) is 0.687. The Balaban J connectivity index is 2.54. The molecule has 0 aliphatic rings. The number of benzene rings is 1. The van der Waals surface area contributed by atoms with E-state index in [-0.39, 0.29) is 12.5 Å². The first-order chi connectivity index (χ1) is 9.51. The van der Waals surface area contributed by atoms with Crippen molar-refractivity contribution in [2.24, 2.45) is 5.92 Å². The molecule has 1 amide bonds. The fourth-order valence-electron chi connectivity index (χ4n) is 1.93. The molecule has 0 unspecified atom stereocenters. The summed E-state index contributed by atoms with van der Waals surface area (Å²) < 4.78 is 0. The minimum Gasteiger partial charge on any atom is -0.325 e. The van der Waals surface area contributed by atoms with Crippen LogP contribution in [0.2, 0.25) is 5.02 Å². The molecule has 1 N–H and O–H groups in total. The predicted octanol–water partition coefficient (Wildman–Crippen LogP) is 3.15. The molecule has 0 radical (unpaired) electrons. The van der Waals surface area contributed by atoms with E-state index in [1.165, 1.54) is 0 Å². The van der Waals surface area contributed by atoms with Gasteiger partial charge in [-0.05, 0) is 24.1 Å². The molecule has 0 spiro atoms. The van der Waals surface area contributed by atoms with Gasteiger partial charge in [-0.15, -0.1) is 0 Å². The summed E-state index contributed by atoms with van der Waals surface area (Å²) in [6, 6.07) is 9.17. The van der Waals surface area contributed by atoms with Gasteiger partial charge < -0.3 is 5.32 Å². The fraction of sp³-hybridized carbons (Fsp3) is 0.467. The van der Waals surface area contributed by atoms with Gasteiger partial charge in [0.25, 0.3) is 0 Å². The number of amides is 1. The molecule has 0 saturated carbocycles. The monoisotopic (exact) mass is 293 g/mol. The van der Waals surface area contributed by atoms with Crippen LogP contribution >= 0.6 is 11.6 Å². The summed E-state index contributed by atoms with van der Waals surface area (Å²) in [7, 11) is 0. The topological polar surface area (TPSA) is 56.1 Å². The highest BCUT2D eigenvalue weighted by Gasteiger charge is 2.12. The highest BCUT2D eigenvalue weighted by Crippen LogP contribution is 2.14. The van der Waals surface area contributed by atoms with E-state index in [2.05, 4.69) is 25.2 Å². The number of rotatable bonds is 7. The summed E-state index contributed by atoms with van der Waals surface area (Å²) in [6.45, 7) is 5.87. The predicted molar refractivity (Wildman–Crippen MR) is 81.6 cm³/mol. The van der Waals surface area contributed by atoms with E-state index in [1.807, 2.05) is 4.90 Å². The minimum absolute atomic E-state index is 0.0918. The molecule has 5 heteroatoms. The van der Waals surface area contributed by atoms with Gasteiger partial charge in [0.1, 0.15) is 0 Å². The van der Waals surface area contributed by atoms with Crippen LogP contribution in [0.25, 0.3) is 0 Å². The Hall–Kier alpha value is -1.57. The Morgan fingerprint density at radius 3 is 2.85 bits per heavy atom. The van der Waals surface area contributed by atoms with Crippen molar-refractivity contribution in [2.45, 2.75) is 20.3 Å². The van der Waals surface area contributed by atoms with E-state index in [1.54, 1.807) is 24.3 Å². The third-order valence-corrected chi connectivity index (χ3v) is 2.87. The van der Waals surface area contributed by atoms with Crippen LogP contribution in [0.3, 0.4) is 0 Å². The SMILES string of the molecule is CC(C)CN(CCC#N)CC(=O)Nc1cccc(Cl)c1. The van der Waals surface area contributed by atoms with Gasteiger partial charge in [0.05, 0.1) is 12.6 Å². The molecule has 1 aromatic carbocycles. The Morgan fingerprint density at radius 1 is 1.50 bits per heavy atom. The highest BCUT2D eigenvalue weighted by molar-refractivity contribution is 6.30. The van der Waals surface area contributed by atoms with E-state index in [0.29, 0.717) is 29.6 Å². The molecule has 108 valence electrons. The molecule has 0 aliphatic heterocycles. The lowest BCUT2D eigenvalue weighted by Gasteiger charge is -2.22. The van der Waals surface area contributed by atoms with Crippen molar-refractivity contribution in [1.82, 2.24) is 4.90 Å². The summed E-state index contributed by atoms with van der Waals surface area (Å²) >= 11 is 5.87. The Morgan fingerprint density at radius 2 is 2.25 bits per heavy atom. The zero-order valence-corrected chi connectivity index (χ0v) is 12.7. The Labute approximate surface area is 125 Å². The van der Waals surface area contributed by atoms with Crippen LogP contribution in [0.15, 0.2) is 24.3 Å². The van der Waals surface area contributed by atoms with Crippen molar-refractivity contribution in [3.63, 3.8) is 0 Å². The zero-order chi connectivity index (χ0) is 15.0. The fourth-order valence-corrected chi connectivity index (χ4v) is 2.12. The van der Waals surface area contributed by atoms with Crippen molar-refractivity contribution >= 4 is 23.2 Å². The van der Waals surface area contributed by atoms with Crippen molar-refractivity contribution in [3.05, 3.63) is 29.3 Å². The lowest BCUT2D eigenvalue weighted by molar-refractivity contribution is -0.117. The lowest BCUT2D eigenvalue weighted by atomic mass is 10.2. The molecular formula is C15H20ClN3O. The average molecular weight is 294 g/mol. The van der Waals surface area contributed by atoms with Gasteiger partial charge in [0.2, 0.25) is 5.91 Å². The van der Waals surface area contributed by atoms with Gasteiger partial charge in [0.15, 0.2) is 0 Å². The van der Waals surface area contributed by atoms with Crippen LogP contribution in [-0.2, 0) is 4.79 Å². The molecule has 0 fully saturated rings. The maximum atomic E-state index is 12.0. The number of halogens is 1. The molecule has 20 heavy (non-hydrogen) atoms. The standard InChI is InChI=1S/C15H20ClN3O/c1-12(2)10-19(8-4-7-17)11-15(20)18-14-6-3-5-13(16)9-14/h3,5-6,9,12H,4,8,10-11H2,1-2H3,(H,18,20). The van der Waals surface area contributed by atoms with Gasteiger partial charge >= 0.3 is 0 Å². The van der Waals surface area contributed by atoms with E-state index in [4.69, 9.17) is 16.9 Å². The smallest absolute Gasteiger partial charge is 0.238 e. The number of nitriles is 1. The van der Waals surface area contributed by atoms with Gasteiger partial charge in [-0.25, -0.2) is 0 Å². The first-order valence-corrected chi connectivity index (χ1v) is 7.03. The van der Waals surface area contributed by atoms with Gasteiger partial charge in [0, 0.05) is 30.2 Å². The first kappa shape index (κ1) is 16.5. The van der Waals surface area contributed by atoms with Crippen LogP contribution in [0.1, 0.15) is 20.3 Å². The number of anilines is 1. The Kier molecular flexibility index (Phi) is 7.06. The number of carbonyl (C=O) groups is 1. The highest BCUT2D eigenvalue weighted by atomic mass is 35.5. The molecule has 0 aliphatic carbocycles. The molecule has 0 aromatic heterocycles. The summed E-state index contributed by atoms with van der Waals surface area (Å²) in [4.78, 5) is 14.0. The van der Waals surface area contributed by atoms with E-state index in [9.17, 15) is 4.79 Å². The van der Waals surface area contributed by atoms with Gasteiger partial charge in [-0.1, -0.05) is 31.5 Å². The van der Waals surface area contributed by atoms with E-state index in [0.717, 1.165) is 6.54 Å². The lowest BCUT2D eigenvalue weighted by Crippen LogP contribution is -2.36. The molecule has 0 saturated heterocycles. The summed E-state index contributed by atoms with van der Waals surface area (Å²) in [5, 5.41) is 12.1. The van der Waals surface area contributed by atoms with Crippen LogP contribution < -0.4 is 5.32 Å². The van der Waals surface area contributed by atoms with Gasteiger partial charge in [-0.2, -0.15) is 5.26 Å². The molecule has 0 bridgehead atoms. The molecule has 0 atom stereocenters. The first-order valence-electron chi connectivity index (χ1n) is 6.66. The Bertz CT molecular complexity index is 482. The normalized spacial score (nSPS) is 10.6. The van der Waals surface area contributed by atoms with E-state index >= 15 is 0 Å². The molecule has 1 aromatic rings. The van der Waals surface area contributed by atoms with Crippen molar-refractivity contribution in [1.29, 1.82) is 5.26 Å². The second-order valence-corrected chi connectivity index (χ2v) is 5.53. The third kappa shape index (κ3) is 6.55. The summed E-state index contributed by atoms with van der Waals surface area (Å²) in [6.07, 6.45) is 0.428. The molecular weight excluding hydrogens is 274 g/mol. The quantitative estimate of drug-likeness (QED) is 0.840. The second kappa shape index (κ2) is 8.57. The van der Waals surface area contributed by atoms with Crippen molar-refractivity contribution < 1.29 is 4.79 Å². The van der Waals surface area contributed by atoms with Crippen molar-refractivity contribution in [2.75, 3.05) is 25.0 Å². The zero-order valence-electron chi connectivity index (χ0n) is 11.9. The number of nitrogens with one attached hydrogen (secondary N) is 1. The van der Waals surface area contributed by atoms with Crippen LogP contribution in [0.4, 0.5) is 5.69 Å². The van der Waals surface area contributed by atoms with E-state index < -0.39 is 0 Å². The van der Waals surface area contributed by atoms with Crippen LogP contribution in [-0.4, -0.2) is 30.4 Å². The van der Waals surface area contributed by atoms with Gasteiger partial charge in [-0.3, -0.25) is 9.69 Å². The maximum Gasteiger partial charge on any atom is 0.238 e. The van der Waals surface area contributed by atoms with Crippen molar-refractivity contribution in [3.8, 4) is 6.07 Å². The number of carbonyl (C=O) groups excluding carboxylic acids is 1. The molecule has 4 nitrogen and oxygen atoms in total. The average Bonchev–Trinajstić information content (AvgIpc) is 2.35.